The van der Waals surface area contributed by atoms with Crippen LogP contribution >= 0.6 is 0 Å². The molecule has 92 valence electrons. The summed E-state index contributed by atoms with van der Waals surface area (Å²) < 4.78 is 25.8. The Bertz CT molecular complexity index is 535. The van der Waals surface area contributed by atoms with E-state index in [0.29, 0.717) is 11.1 Å². The molecule has 0 atom stereocenters. The lowest BCUT2D eigenvalue weighted by atomic mass is 10.2. The van der Waals surface area contributed by atoms with Crippen LogP contribution in [0.2, 0.25) is 0 Å². The van der Waals surface area contributed by atoms with Gasteiger partial charge in [-0.25, -0.2) is 8.78 Å². The molecule has 0 saturated heterocycles. The molecular weight excluding hydrogens is 236 g/mol. The lowest BCUT2D eigenvalue weighted by Gasteiger charge is -2.05. The molecule has 0 saturated carbocycles. The molecule has 0 bridgehead atoms. The number of hydrogen-bond acceptors (Lipinski definition) is 1. The fraction of sp³-hybridized carbons (Fsp3) is 0.0714. The van der Waals surface area contributed by atoms with E-state index < -0.39 is 11.6 Å². The van der Waals surface area contributed by atoms with E-state index in [2.05, 4.69) is 5.32 Å². The maximum Gasteiger partial charge on any atom is 0.251 e. The largest absolute Gasteiger partial charge is 0.348 e. The zero-order valence-corrected chi connectivity index (χ0v) is 9.49. The number of nitrogens with one attached hydrogen (secondary N) is 1. The molecule has 0 unspecified atom stereocenters. The molecule has 0 aromatic heterocycles. The fourth-order valence-corrected chi connectivity index (χ4v) is 1.59. The Morgan fingerprint density at radius 2 is 1.61 bits per heavy atom. The third-order valence-corrected chi connectivity index (χ3v) is 2.41. The van der Waals surface area contributed by atoms with Crippen molar-refractivity contribution in [3.8, 4) is 0 Å². The number of carbonyl (C=O) groups is 1. The summed E-state index contributed by atoms with van der Waals surface area (Å²) in [6.45, 7) is 0.0857. The van der Waals surface area contributed by atoms with Crippen molar-refractivity contribution in [2.45, 2.75) is 6.54 Å². The van der Waals surface area contributed by atoms with E-state index in [1.807, 2.05) is 0 Å². The van der Waals surface area contributed by atoms with Crippen LogP contribution in [-0.2, 0) is 6.54 Å². The Balaban J connectivity index is 2.02. The van der Waals surface area contributed by atoms with E-state index in [4.69, 9.17) is 0 Å². The van der Waals surface area contributed by atoms with E-state index in [0.717, 1.165) is 6.07 Å². The van der Waals surface area contributed by atoms with Crippen LogP contribution in [0.25, 0.3) is 0 Å². The third-order valence-electron chi connectivity index (χ3n) is 2.41. The minimum absolute atomic E-state index is 0.0857. The van der Waals surface area contributed by atoms with Crippen LogP contribution < -0.4 is 5.32 Å². The molecule has 2 aromatic rings. The SMILES string of the molecule is O=C(NCc1cc(F)cc(F)c1)c1ccccc1. The average Bonchev–Trinajstić information content (AvgIpc) is 2.36. The van der Waals surface area contributed by atoms with Gasteiger partial charge in [0.2, 0.25) is 0 Å². The van der Waals surface area contributed by atoms with Gasteiger partial charge in [0.05, 0.1) is 0 Å². The molecule has 2 aromatic carbocycles. The topological polar surface area (TPSA) is 29.1 Å². The molecule has 0 aliphatic heterocycles. The Kier molecular flexibility index (Phi) is 3.67. The van der Waals surface area contributed by atoms with Gasteiger partial charge in [-0.15, -0.1) is 0 Å². The lowest BCUT2D eigenvalue weighted by molar-refractivity contribution is 0.0951. The first-order valence-electron chi connectivity index (χ1n) is 5.43. The fourth-order valence-electron chi connectivity index (χ4n) is 1.59. The van der Waals surface area contributed by atoms with Crippen LogP contribution in [-0.4, -0.2) is 5.91 Å². The Hall–Kier alpha value is -2.23. The molecule has 1 amide bonds. The third kappa shape index (κ3) is 3.13. The standard InChI is InChI=1S/C14H11F2NO/c15-12-6-10(7-13(16)8-12)9-17-14(18)11-4-2-1-3-5-11/h1-8H,9H2,(H,17,18). The van der Waals surface area contributed by atoms with Crippen LogP contribution in [0.4, 0.5) is 8.78 Å². The normalized spacial score (nSPS) is 10.1. The van der Waals surface area contributed by atoms with E-state index in [1.165, 1.54) is 12.1 Å². The van der Waals surface area contributed by atoms with Gasteiger partial charge in [0.1, 0.15) is 11.6 Å². The first-order chi connectivity index (χ1) is 8.65. The zero-order chi connectivity index (χ0) is 13.0. The number of rotatable bonds is 3. The summed E-state index contributed by atoms with van der Waals surface area (Å²) in [7, 11) is 0. The van der Waals surface area contributed by atoms with Gasteiger partial charge in [-0.2, -0.15) is 0 Å². The highest BCUT2D eigenvalue weighted by Gasteiger charge is 2.05. The molecule has 2 nitrogen and oxygen atoms in total. The molecular formula is C14H11F2NO. The molecule has 1 N–H and O–H groups in total. The predicted molar refractivity (Wildman–Crippen MR) is 64.0 cm³/mol. The lowest BCUT2D eigenvalue weighted by Crippen LogP contribution is -2.22. The van der Waals surface area contributed by atoms with Crippen molar-refractivity contribution < 1.29 is 13.6 Å². The van der Waals surface area contributed by atoms with Crippen molar-refractivity contribution in [1.29, 1.82) is 0 Å². The second-order valence-corrected chi connectivity index (χ2v) is 3.83. The van der Waals surface area contributed by atoms with Gasteiger partial charge in [-0.3, -0.25) is 4.79 Å². The first-order valence-corrected chi connectivity index (χ1v) is 5.43. The van der Waals surface area contributed by atoms with Crippen LogP contribution in [0.3, 0.4) is 0 Å². The quantitative estimate of drug-likeness (QED) is 0.887. The number of amides is 1. The van der Waals surface area contributed by atoms with Crippen molar-refractivity contribution in [2.75, 3.05) is 0 Å². The minimum Gasteiger partial charge on any atom is -0.348 e. The highest BCUT2D eigenvalue weighted by Crippen LogP contribution is 2.08. The zero-order valence-electron chi connectivity index (χ0n) is 9.49. The molecule has 4 heteroatoms. The summed E-state index contributed by atoms with van der Waals surface area (Å²) in [5.41, 5.74) is 0.895. The maximum absolute atomic E-state index is 12.9. The van der Waals surface area contributed by atoms with E-state index in [1.54, 1.807) is 30.3 Å². The van der Waals surface area contributed by atoms with Gasteiger partial charge in [-0.1, -0.05) is 18.2 Å². The van der Waals surface area contributed by atoms with Crippen molar-refractivity contribution in [2.24, 2.45) is 0 Å². The summed E-state index contributed by atoms with van der Waals surface area (Å²) in [6.07, 6.45) is 0. The molecule has 0 spiro atoms. The molecule has 0 fully saturated rings. The van der Waals surface area contributed by atoms with Crippen LogP contribution in [0.5, 0.6) is 0 Å². The average molecular weight is 247 g/mol. The van der Waals surface area contributed by atoms with Crippen molar-refractivity contribution in [3.63, 3.8) is 0 Å². The molecule has 18 heavy (non-hydrogen) atoms. The summed E-state index contributed by atoms with van der Waals surface area (Å²) in [4.78, 5) is 11.7. The van der Waals surface area contributed by atoms with Crippen molar-refractivity contribution in [1.82, 2.24) is 5.32 Å². The number of hydrogen-bond donors (Lipinski definition) is 1. The van der Waals surface area contributed by atoms with Gasteiger partial charge < -0.3 is 5.32 Å². The molecule has 0 aliphatic carbocycles. The molecule has 0 heterocycles. The van der Waals surface area contributed by atoms with E-state index in [-0.39, 0.29) is 12.5 Å². The van der Waals surface area contributed by atoms with Gasteiger partial charge in [-0.05, 0) is 29.8 Å². The number of benzene rings is 2. The van der Waals surface area contributed by atoms with Gasteiger partial charge in [0.25, 0.3) is 5.91 Å². The minimum atomic E-state index is -0.654. The van der Waals surface area contributed by atoms with Gasteiger partial charge in [0, 0.05) is 18.2 Å². The predicted octanol–water partition coefficient (Wildman–Crippen LogP) is 2.89. The van der Waals surface area contributed by atoms with Gasteiger partial charge in [0.15, 0.2) is 0 Å². The summed E-state index contributed by atoms with van der Waals surface area (Å²) in [5.74, 6) is -1.59. The second kappa shape index (κ2) is 5.40. The first kappa shape index (κ1) is 12.2. The maximum atomic E-state index is 12.9. The van der Waals surface area contributed by atoms with E-state index >= 15 is 0 Å². The summed E-state index contributed by atoms with van der Waals surface area (Å²) in [6, 6.07) is 11.8. The number of carbonyl (C=O) groups excluding carboxylic acids is 1. The summed E-state index contributed by atoms with van der Waals surface area (Å²) >= 11 is 0. The van der Waals surface area contributed by atoms with Crippen molar-refractivity contribution >= 4 is 5.91 Å². The summed E-state index contributed by atoms with van der Waals surface area (Å²) in [5, 5.41) is 2.60. The Morgan fingerprint density at radius 3 is 2.22 bits per heavy atom. The monoisotopic (exact) mass is 247 g/mol. The second-order valence-electron chi connectivity index (χ2n) is 3.83. The Labute approximate surface area is 103 Å². The number of halogens is 2. The van der Waals surface area contributed by atoms with Crippen LogP contribution in [0.15, 0.2) is 48.5 Å². The van der Waals surface area contributed by atoms with Crippen LogP contribution in [0.1, 0.15) is 15.9 Å². The molecule has 2 rings (SSSR count). The highest BCUT2D eigenvalue weighted by atomic mass is 19.1. The Morgan fingerprint density at radius 1 is 1.00 bits per heavy atom. The molecule has 0 aliphatic rings. The molecule has 0 radical (unpaired) electrons. The van der Waals surface area contributed by atoms with Crippen LogP contribution in [0, 0.1) is 11.6 Å². The van der Waals surface area contributed by atoms with E-state index in [9.17, 15) is 13.6 Å². The highest BCUT2D eigenvalue weighted by molar-refractivity contribution is 5.94. The van der Waals surface area contributed by atoms with Crippen molar-refractivity contribution in [3.05, 3.63) is 71.3 Å². The smallest absolute Gasteiger partial charge is 0.251 e. The van der Waals surface area contributed by atoms with Gasteiger partial charge >= 0.3 is 0 Å².